The summed E-state index contributed by atoms with van der Waals surface area (Å²) in [4.78, 5) is 30.9. The molecule has 7 rings (SSSR count). The van der Waals surface area contributed by atoms with Gasteiger partial charge >= 0.3 is 0 Å². The third-order valence-electron chi connectivity index (χ3n) is 9.04. The topological polar surface area (TPSA) is 128 Å². The fraction of sp³-hybridized carbons (Fsp3) is 0.367. The molecule has 11 heteroatoms. The summed E-state index contributed by atoms with van der Waals surface area (Å²) >= 11 is 0. The zero-order chi connectivity index (χ0) is 28.5. The lowest BCUT2D eigenvalue weighted by Crippen LogP contribution is -2.56. The number of pyridine rings is 1. The Kier molecular flexibility index (Phi) is 5.39. The smallest absolute Gasteiger partial charge is 0.244 e. The average molecular weight is 548 g/mol. The number of hydrogen-bond acceptors (Lipinski definition) is 8. The molecule has 4 heterocycles. The summed E-state index contributed by atoms with van der Waals surface area (Å²) in [5.41, 5.74) is 2.68. The average Bonchev–Trinajstić information content (AvgIpc) is 3.87. The van der Waals surface area contributed by atoms with Crippen molar-refractivity contribution >= 4 is 22.6 Å². The Bertz CT molecular complexity index is 1830. The van der Waals surface area contributed by atoms with Crippen molar-refractivity contribution in [1.82, 2.24) is 29.6 Å². The molecule has 2 unspecified atom stereocenters. The van der Waals surface area contributed by atoms with Crippen LogP contribution in [0.15, 0.2) is 43.0 Å². The van der Waals surface area contributed by atoms with Crippen molar-refractivity contribution < 1.29 is 9.18 Å². The highest BCUT2D eigenvalue weighted by Gasteiger charge is 2.79. The number of nitriles is 2. The normalized spacial score (nSPS) is 22.4. The van der Waals surface area contributed by atoms with Crippen molar-refractivity contribution in [2.75, 3.05) is 24.5 Å². The number of hydrogen-bond donors (Lipinski definition) is 0. The highest BCUT2D eigenvalue weighted by atomic mass is 19.1. The predicted octanol–water partition coefficient (Wildman–Crippen LogP) is 3.83. The van der Waals surface area contributed by atoms with E-state index in [1.807, 2.05) is 24.0 Å². The Morgan fingerprint density at radius 2 is 1.93 bits per heavy atom. The summed E-state index contributed by atoms with van der Waals surface area (Å²) in [6.45, 7) is 3.50. The van der Waals surface area contributed by atoms with Crippen molar-refractivity contribution in [2.45, 2.75) is 32.2 Å². The van der Waals surface area contributed by atoms with Gasteiger partial charge in [-0.2, -0.15) is 15.6 Å². The van der Waals surface area contributed by atoms with Crippen LogP contribution in [0.3, 0.4) is 0 Å². The highest BCUT2D eigenvalue weighted by molar-refractivity contribution is 6.07. The Labute approximate surface area is 235 Å². The lowest BCUT2D eigenvalue weighted by Gasteiger charge is -2.41. The quantitative estimate of drug-likeness (QED) is 0.377. The summed E-state index contributed by atoms with van der Waals surface area (Å²) in [6, 6.07) is 11.3. The van der Waals surface area contributed by atoms with E-state index in [0.717, 1.165) is 24.6 Å². The number of aryl methyl sites for hydroxylation is 1. The van der Waals surface area contributed by atoms with Crippen molar-refractivity contribution in [3.63, 3.8) is 0 Å². The van der Waals surface area contributed by atoms with E-state index in [1.165, 1.54) is 17.1 Å². The number of rotatable bonds is 4. The van der Waals surface area contributed by atoms with Gasteiger partial charge in [-0.05, 0) is 43.9 Å². The van der Waals surface area contributed by atoms with E-state index in [9.17, 15) is 19.7 Å². The molecule has 10 nitrogen and oxygen atoms in total. The molecule has 1 amide bonds. The van der Waals surface area contributed by atoms with Crippen molar-refractivity contribution in [3.05, 3.63) is 54.5 Å². The van der Waals surface area contributed by atoms with Gasteiger partial charge in [-0.15, -0.1) is 0 Å². The van der Waals surface area contributed by atoms with Crippen molar-refractivity contribution in [1.29, 1.82) is 10.5 Å². The molecule has 2 atom stereocenters. The first-order chi connectivity index (χ1) is 19.8. The Hall–Kier alpha value is -4.90. The summed E-state index contributed by atoms with van der Waals surface area (Å²) in [6.07, 6.45) is 6.85. The zero-order valence-corrected chi connectivity index (χ0v) is 22.7. The second-order valence-electron chi connectivity index (χ2n) is 11.4. The van der Waals surface area contributed by atoms with Gasteiger partial charge in [0.25, 0.3) is 0 Å². The summed E-state index contributed by atoms with van der Waals surface area (Å²) in [7, 11) is 1.71. The molecule has 1 aliphatic heterocycles. The molecule has 3 aliphatic rings. The van der Waals surface area contributed by atoms with Gasteiger partial charge in [-0.25, -0.2) is 14.4 Å². The third kappa shape index (κ3) is 3.69. The minimum atomic E-state index is -0.859. The second kappa shape index (κ2) is 8.80. The van der Waals surface area contributed by atoms with E-state index < -0.39 is 11.2 Å². The van der Waals surface area contributed by atoms with Crippen LogP contribution in [0.25, 0.3) is 33.3 Å². The molecule has 0 radical (unpaired) electrons. The third-order valence-corrected chi connectivity index (χ3v) is 9.04. The molecular formula is C30H26FN9O. The van der Waals surface area contributed by atoms with Crippen molar-refractivity contribution in [2.24, 2.45) is 17.9 Å². The van der Waals surface area contributed by atoms with Gasteiger partial charge < -0.3 is 9.80 Å². The molecule has 1 saturated heterocycles. The summed E-state index contributed by atoms with van der Waals surface area (Å²) in [5.74, 6) is 0.156. The molecule has 0 bridgehead atoms. The number of piperazine rings is 1. The van der Waals surface area contributed by atoms with Gasteiger partial charge in [0.05, 0.1) is 28.9 Å². The first kappa shape index (κ1) is 25.1. The maximum absolute atomic E-state index is 14.3. The number of benzene rings is 1. The Morgan fingerprint density at radius 3 is 2.59 bits per heavy atom. The van der Waals surface area contributed by atoms with Crippen LogP contribution in [0.4, 0.5) is 10.2 Å². The monoisotopic (exact) mass is 547 g/mol. The van der Waals surface area contributed by atoms with Crippen LogP contribution in [0.1, 0.15) is 31.9 Å². The number of fused-ring (bicyclic) bond motifs is 1. The first-order valence-corrected chi connectivity index (χ1v) is 13.6. The fourth-order valence-corrected chi connectivity index (χ4v) is 6.53. The van der Waals surface area contributed by atoms with E-state index in [-0.39, 0.29) is 17.4 Å². The van der Waals surface area contributed by atoms with E-state index in [0.29, 0.717) is 65.3 Å². The van der Waals surface area contributed by atoms with Gasteiger partial charge in [-0.1, -0.05) is 6.07 Å². The standard InChI is InChI=1S/C30H26FN9O/c1-18-14-39(7-8-40(18)28(41)30(16-33)15-29(30)5-6-29)27-25-22(19-9-20(31)13-34-12-19)3-4-23(26(25)35-17-36-27)24-10-21(11-32)38(2)37-24/h3-4,9-10,12-13,17-18H,5-8,14-15H2,1-2H3. The van der Waals surface area contributed by atoms with Crippen LogP contribution >= 0.6 is 0 Å². The molecule has 4 aromatic rings. The highest BCUT2D eigenvalue weighted by Crippen LogP contribution is 2.78. The summed E-state index contributed by atoms with van der Waals surface area (Å²) in [5, 5.41) is 24.6. The molecule has 204 valence electrons. The van der Waals surface area contributed by atoms with Crippen LogP contribution in [-0.4, -0.2) is 61.2 Å². The van der Waals surface area contributed by atoms with Gasteiger partial charge in [-0.3, -0.25) is 14.5 Å². The van der Waals surface area contributed by atoms with Crippen LogP contribution in [0, 0.1) is 39.3 Å². The van der Waals surface area contributed by atoms with Gasteiger partial charge in [0.1, 0.15) is 35.1 Å². The van der Waals surface area contributed by atoms with Crippen LogP contribution in [0.5, 0.6) is 0 Å². The van der Waals surface area contributed by atoms with E-state index in [1.54, 1.807) is 19.3 Å². The number of amides is 1. The molecule has 2 aliphatic carbocycles. The van der Waals surface area contributed by atoms with Gasteiger partial charge in [0.15, 0.2) is 0 Å². The van der Waals surface area contributed by atoms with E-state index in [2.05, 4.69) is 32.1 Å². The van der Waals surface area contributed by atoms with Crippen LogP contribution in [0.2, 0.25) is 0 Å². The zero-order valence-electron chi connectivity index (χ0n) is 22.7. The Morgan fingerprint density at radius 1 is 1.12 bits per heavy atom. The molecule has 1 spiro atoms. The molecular weight excluding hydrogens is 521 g/mol. The number of carbonyl (C=O) groups is 1. The Balaban J connectivity index is 1.31. The lowest BCUT2D eigenvalue weighted by atomic mass is 9.97. The fourth-order valence-electron chi connectivity index (χ4n) is 6.53. The minimum Gasteiger partial charge on any atom is -0.352 e. The molecule has 0 N–H and O–H groups in total. The van der Waals surface area contributed by atoms with Crippen LogP contribution in [-0.2, 0) is 11.8 Å². The SMILES string of the molecule is CC1CN(c2ncnc3c(-c4cc(C#N)n(C)n4)ccc(-c4cncc(F)c4)c23)CCN1C(=O)C1(C#N)CC12CC2. The molecule has 3 aromatic heterocycles. The second-order valence-corrected chi connectivity index (χ2v) is 11.4. The first-order valence-electron chi connectivity index (χ1n) is 13.6. The largest absolute Gasteiger partial charge is 0.352 e. The maximum atomic E-state index is 14.3. The maximum Gasteiger partial charge on any atom is 0.244 e. The number of halogens is 1. The van der Waals surface area contributed by atoms with Crippen LogP contribution < -0.4 is 4.90 Å². The number of carbonyl (C=O) groups excluding carboxylic acids is 1. The molecule has 3 fully saturated rings. The number of anilines is 1. The lowest BCUT2D eigenvalue weighted by molar-refractivity contribution is -0.138. The van der Waals surface area contributed by atoms with Gasteiger partial charge in [0.2, 0.25) is 5.91 Å². The summed E-state index contributed by atoms with van der Waals surface area (Å²) < 4.78 is 15.8. The molecule has 2 saturated carbocycles. The molecule has 1 aromatic carbocycles. The number of aromatic nitrogens is 5. The van der Waals surface area contributed by atoms with E-state index in [4.69, 9.17) is 4.98 Å². The van der Waals surface area contributed by atoms with E-state index >= 15 is 0 Å². The predicted molar refractivity (Wildman–Crippen MR) is 147 cm³/mol. The number of nitrogens with zero attached hydrogens (tertiary/aromatic N) is 9. The van der Waals surface area contributed by atoms with Crippen molar-refractivity contribution in [3.8, 4) is 34.5 Å². The van der Waals surface area contributed by atoms with Gasteiger partial charge in [0, 0.05) is 61.5 Å². The molecule has 41 heavy (non-hydrogen) atoms. The minimum absolute atomic E-state index is 0.0468.